The van der Waals surface area contributed by atoms with E-state index in [2.05, 4.69) is 5.32 Å². The Morgan fingerprint density at radius 3 is 2.55 bits per heavy atom. The number of benzene rings is 1. The molecule has 0 spiro atoms. The molecule has 4 nitrogen and oxygen atoms in total. The molecular weight excluding hydrogens is 293 g/mol. The summed E-state index contributed by atoms with van der Waals surface area (Å²) in [5, 5.41) is 2.86. The van der Waals surface area contributed by atoms with Gasteiger partial charge in [0.05, 0.1) is 0 Å². The summed E-state index contributed by atoms with van der Waals surface area (Å²) in [4.78, 5) is -0.820. The van der Waals surface area contributed by atoms with E-state index in [1.807, 2.05) is 0 Å². The highest BCUT2D eigenvalue weighted by Gasteiger charge is 2.36. The summed E-state index contributed by atoms with van der Waals surface area (Å²) in [5.41, 5.74) is 0. The maximum atomic E-state index is 13.7. The third kappa shape index (κ3) is 2.68. The molecule has 0 saturated carbocycles. The van der Waals surface area contributed by atoms with E-state index in [1.165, 1.54) is 0 Å². The fourth-order valence-electron chi connectivity index (χ4n) is 2.39. The van der Waals surface area contributed by atoms with Crippen molar-refractivity contribution in [3.63, 3.8) is 0 Å². The van der Waals surface area contributed by atoms with Crippen molar-refractivity contribution in [3.05, 3.63) is 29.6 Å². The van der Waals surface area contributed by atoms with E-state index in [0.29, 0.717) is 25.5 Å². The highest BCUT2D eigenvalue weighted by molar-refractivity contribution is 7.89. The van der Waals surface area contributed by atoms with Crippen molar-refractivity contribution in [2.75, 3.05) is 20.1 Å². The number of halogens is 3. The van der Waals surface area contributed by atoms with Crippen LogP contribution in [0.4, 0.5) is 13.2 Å². The molecule has 2 rings (SSSR count). The van der Waals surface area contributed by atoms with Gasteiger partial charge in [-0.2, -0.15) is 4.31 Å². The molecule has 0 aliphatic carbocycles. The summed E-state index contributed by atoms with van der Waals surface area (Å²) in [5.74, 6) is -4.07. The molecule has 1 aliphatic rings. The second kappa shape index (κ2) is 5.71. The molecule has 0 radical (unpaired) electrons. The topological polar surface area (TPSA) is 49.4 Å². The molecule has 1 aromatic carbocycles. The van der Waals surface area contributed by atoms with Crippen LogP contribution in [0.2, 0.25) is 0 Å². The molecule has 1 atom stereocenters. The van der Waals surface area contributed by atoms with Crippen LogP contribution in [0.15, 0.2) is 17.0 Å². The molecule has 112 valence electrons. The van der Waals surface area contributed by atoms with Gasteiger partial charge in [-0.25, -0.2) is 21.6 Å². The molecule has 8 heteroatoms. The zero-order valence-corrected chi connectivity index (χ0v) is 11.7. The Balaban J connectivity index is 2.42. The van der Waals surface area contributed by atoms with E-state index in [1.54, 1.807) is 7.05 Å². The van der Waals surface area contributed by atoms with Gasteiger partial charge in [0, 0.05) is 25.2 Å². The average Bonchev–Trinajstić information content (AvgIpc) is 2.83. The van der Waals surface area contributed by atoms with Crippen LogP contribution in [0.25, 0.3) is 0 Å². The van der Waals surface area contributed by atoms with Gasteiger partial charge in [0.1, 0.15) is 10.7 Å². The van der Waals surface area contributed by atoms with Crippen molar-refractivity contribution in [1.29, 1.82) is 0 Å². The summed E-state index contributed by atoms with van der Waals surface area (Å²) in [6.07, 6.45) is 1.29. The molecule has 0 amide bonds. The molecular formula is C12H15F3N2O2S. The van der Waals surface area contributed by atoms with Gasteiger partial charge in [-0.1, -0.05) is 0 Å². The lowest BCUT2D eigenvalue weighted by Crippen LogP contribution is -2.41. The van der Waals surface area contributed by atoms with Gasteiger partial charge in [0.25, 0.3) is 0 Å². The first-order chi connectivity index (χ1) is 9.37. The van der Waals surface area contributed by atoms with Crippen molar-refractivity contribution in [2.45, 2.75) is 23.8 Å². The van der Waals surface area contributed by atoms with E-state index in [4.69, 9.17) is 0 Å². The maximum absolute atomic E-state index is 13.7. The van der Waals surface area contributed by atoms with Crippen LogP contribution in [0.5, 0.6) is 0 Å². The van der Waals surface area contributed by atoms with Crippen molar-refractivity contribution in [2.24, 2.45) is 0 Å². The molecule has 1 heterocycles. The van der Waals surface area contributed by atoms with Crippen LogP contribution in [-0.4, -0.2) is 38.9 Å². The van der Waals surface area contributed by atoms with Gasteiger partial charge in [-0.05, 0) is 26.0 Å². The van der Waals surface area contributed by atoms with Crippen molar-refractivity contribution in [1.82, 2.24) is 9.62 Å². The first-order valence-electron chi connectivity index (χ1n) is 6.19. The van der Waals surface area contributed by atoms with E-state index < -0.39 is 32.4 Å². The standard InChI is InChI=1S/C12H15F3N2O2S/c1-16-7-8-3-2-4-17(8)20(18,19)12-6-10(14)9(13)5-11(12)15/h5-6,8,16H,2-4,7H2,1H3/t8-/m1/s1. The molecule has 1 aliphatic heterocycles. The molecule has 1 N–H and O–H groups in total. The van der Waals surface area contributed by atoms with E-state index in [-0.39, 0.29) is 18.7 Å². The second-order valence-electron chi connectivity index (χ2n) is 4.67. The van der Waals surface area contributed by atoms with E-state index in [9.17, 15) is 21.6 Å². The van der Waals surface area contributed by atoms with Gasteiger partial charge >= 0.3 is 0 Å². The van der Waals surface area contributed by atoms with Crippen LogP contribution in [0.1, 0.15) is 12.8 Å². The Morgan fingerprint density at radius 1 is 1.25 bits per heavy atom. The quantitative estimate of drug-likeness (QED) is 0.857. The monoisotopic (exact) mass is 308 g/mol. The number of rotatable bonds is 4. The lowest BCUT2D eigenvalue weighted by molar-refractivity contribution is 0.375. The van der Waals surface area contributed by atoms with Crippen molar-refractivity contribution >= 4 is 10.0 Å². The fraction of sp³-hybridized carbons (Fsp3) is 0.500. The Kier molecular flexibility index (Phi) is 4.36. The summed E-state index contributed by atoms with van der Waals surface area (Å²) < 4.78 is 65.6. The highest BCUT2D eigenvalue weighted by atomic mass is 32.2. The summed E-state index contributed by atoms with van der Waals surface area (Å²) >= 11 is 0. The first-order valence-corrected chi connectivity index (χ1v) is 7.63. The smallest absolute Gasteiger partial charge is 0.246 e. The van der Waals surface area contributed by atoms with Gasteiger partial charge in [-0.15, -0.1) is 0 Å². The minimum atomic E-state index is -4.17. The van der Waals surface area contributed by atoms with Crippen molar-refractivity contribution < 1.29 is 21.6 Å². The van der Waals surface area contributed by atoms with Gasteiger partial charge in [0.2, 0.25) is 10.0 Å². The predicted molar refractivity (Wildman–Crippen MR) is 67.2 cm³/mol. The largest absolute Gasteiger partial charge is 0.318 e. The summed E-state index contributed by atoms with van der Waals surface area (Å²) in [6, 6.07) is 0.345. The SMILES string of the molecule is CNC[C@H]1CCCN1S(=O)(=O)c1cc(F)c(F)cc1F. The van der Waals surface area contributed by atoms with Crippen LogP contribution < -0.4 is 5.32 Å². The molecule has 0 bridgehead atoms. The molecule has 0 aromatic heterocycles. The number of hydrogen-bond donors (Lipinski definition) is 1. The third-order valence-electron chi connectivity index (χ3n) is 3.32. The first kappa shape index (κ1) is 15.3. The average molecular weight is 308 g/mol. The number of likely N-dealkylation sites (N-methyl/N-ethyl adjacent to an activating group) is 1. The second-order valence-corrected chi connectivity index (χ2v) is 6.53. The zero-order chi connectivity index (χ0) is 14.9. The Labute approximate surface area is 115 Å². The third-order valence-corrected chi connectivity index (χ3v) is 5.29. The van der Waals surface area contributed by atoms with E-state index >= 15 is 0 Å². The lowest BCUT2D eigenvalue weighted by Gasteiger charge is -2.24. The van der Waals surface area contributed by atoms with Gasteiger partial charge in [-0.3, -0.25) is 0 Å². The van der Waals surface area contributed by atoms with Crippen LogP contribution in [0.3, 0.4) is 0 Å². The van der Waals surface area contributed by atoms with Crippen LogP contribution >= 0.6 is 0 Å². The Hall–Kier alpha value is -1.12. The minimum Gasteiger partial charge on any atom is -0.318 e. The number of nitrogens with one attached hydrogen (secondary N) is 1. The number of sulfonamides is 1. The van der Waals surface area contributed by atoms with Gasteiger partial charge < -0.3 is 5.32 Å². The van der Waals surface area contributed by atoms with Crippen molar-refractivity contribution in [3.8, 4) is 0 Å². The Bertz CT molecular complexity index is 607. The molecule has 0 unspecified atom stereocenters. The molecule has 1 fully saturated rings. The predicted octanol–water partition coefficient (Wildman–Crippen LogP) is 1.48. The van der Waals surface area contributed by atoms with Crippen LogP contribution in [-0.2, 0) is 10.0 Å². The Morgan fingerprint density at radius 2 is 1.90 bits per heavy atom. The zero-order valence-electron chi connectivity index (χ0n) is 10.9. The minimum absolute atomic E-state index is 0.243. The number of hydrogen-bond acceptors (Lipinski definition) is 3. The number of nitrogens with zero attached hydrogens (tertiary/aromatic N) is 1. The molecule has 1 saturated heterocycles. The normalized spacial score (nSPS) is 20.5. The fourth-order valence-corrected chi connectivity index (χ4v) is 4.15. The molecule has 20 heavy (non-hydrogen) atoms. The summed E-state index contributed by atoms with van der Waals surface area (Å²) in [6.45, 7) is 0.664. The van der Waals surface area contributed by atoms with E-state index in [0.717, 1.165) is 4.31 Å². The lowest BCUT2D eigenvalue weighted by atomic mass is 10.2. The van der Waals surface area contributed by atoms with Crippen LogP contribution in [0, 0.1) is 17.5 Å². The van der Waals surface area contributed by atoms with Gasteiger partial charge in [0.15, 0.2) is 11.6 Å². The molecule has 1 aromatic rings. The maximum Gasteiger partial charge on any atom is 0.246 e. The highest BCUT2D eigenvalue weighted by Crippen LogP contribution is 2.28. The summed E-state index contributed by atoms with van der Waals surface area (Å²) in [7, 11) is -2.49.